The van der Waals surface area contributed by atoms with Gasteiger partial charge in [0, 0.05) is 12.0 Å². The maximum Gasteiger partial charge on any atom is 0.0992 e. The fourth-order valence-corrected chi connectivity index (χ4v) is 2.96. The summed E-state index contributed by atoms with van der Waals surface area (Å²) in [6.07, 6.45) is 6.98. The molecule has 3 heteroatoms. The maximum absolute atomic E-state index is 8.88. The van der Waals surface area contributed by atoms with Crippen molar-refractivity contribution in [1.82, 2.24) is 0 Å². The Morgan fingerprint density at radius 2 is 2.29 bits per heavy atom. The Kier molecular flexibility index (Phi) is 2.57. The molecule has 1 fully saturated rings. The third-order valence-corrected chi connectivity index (χ3v) is 4.13. The molecule has 0 aliphatic heterocycles. The normalized spacial score (nSPS) is 29.3. The van der Waals surface area contributed by atoms with E-state index in [9.17, 15) is 0 Å². The third kappa shape index (κ3) is 1.81. The van der Waals surface area contributed by atoms with Crippen LogP contribution in [0.25, 0.3) is 0 Å². The van der Waals surface area contributed by atoms with E-state index >= 15 is 0 Å². The molecule has 3 rings (SSSR count). The van der Waals surface area contributed by atoms with Gasteiger partial charge in [0.1, 0.15) is 0 Å². The lowest BCUT2D eigenvalue weighted by molar-refractivity contribution is 0.218. The van der Waals surface area contributed by atoms with Crippen molar-refractivity contribution in [2.24, 2.45) is 11.8 Å². The highest BCUT2D eigenvalue weighted by Crippen LogP contribution is 2.44. The third-order valence-electron chi connectivity index (χ3n) is 3.80. The van der Waals surface area contributed by atoms with Gasteiger partial charge in [-0.2, -0.15) is 5.26 Å². The highest BCUT2D eigenvalue weighted by molar-refractivity contribution is 6.33. The second kappa shape index (κ2) is 4.09. The molecule has 86 valence electrons. The second-order valence-electron chi connectivity index (χ2n) is 4.79. The second-order valence-corrected chi connectivity index (χ2v) is 5.20. The van der Waals surface area contributed by atoms with Gasteiger partial charge in [0.2, 0.25) is 0 Å². The van der Waals surface area contributed by atoms with E-state index < -0.39 is 0 Å². The minimum atomic E-state index is 0.477. The molecule has 0 radical (unpaired) electrons. The van der Waals surface area contributed by atoms with Crippen LogP contribution in [0.2, 0.25) is 5.02 Å². The molecule has 2 aliphatic rings. The minimum Gasteiger partial charge on any atom is -0.380 e. The topological polar surface area (TPSA) is 35.8 Å². The van der Waals surface area contributed by atoms with Gasteiger partial charge in [-0.05, 0) is 37.0 Å². The molecule has 1 aromatic carbocycles. The van der Waals surface area contributed by atoms with E-state index in [-0.39, 0.29) is 0 Å². The van der Waals surface area contributed by atoms with Crippen LogP contribution in [0.4, 0.5) is 5.69 Å². The molecular formula is C14H13ClN2. The van der Waals surface area contributed by atoms with Crippen molar-refractivity contribution < 1.29 is 0 Å². The van der Waals surface area contributed by atoms with Gasteiger partial charge in [0.25, 0.3) is 0 Å². The average Bonchev–Trinajstić information content (AvgIpc) is 2.69. The summed E-state index contributed by atoms with van der Waals surface area (Å²) >= 11 is 6.13. The first-order valence-electron chi connectivity index (χ1n) is 5.91. The first-order chi connectivity index (χ1) is 8.28. The van der Waals surface area contributed by atoms with E-state index in [4.69, 9.17) is 16.9 Å². The predicted molar refractivity (Wildman–Crippen MR) is 68.9 cm³/mol. The van der Waals surface area contributed by atoms with Gasteiger partial charge >= 0.3 is 0 Å². The van der Waals surface area contributed by atoms with Crippen LogP contribution in [0.15, 0.2) is 30.4 Å². The molecule has 0 aromatic heterocycles. The number of nitrogens with one attached hydrogen (secondary N) is 1. The number of hydrogen-bond acceptors (Lipinski definition) is 2. The molecule has 1 N–H and O–H groups in total. The fraction of sp³-hybridized carbons (Fsp3) is 0.357. The molecule has 17 heavy (non-hydrogen) atoms. The van der Waals surface area contributed by atoms with Gasteiger partial charge in [-0.1, -0.05) is 23.8 Å². The lowest BCUT2D eigenvalue weighted by Crippen LogP contribution is -2.43. The molecule has 2 aliphatic carbocycles. The molecule has 0 heterocycles. The fourth-order valence-electron chi connectivity index (χ4n) is 2.79. The van der Waals surface area contributed by atoms with E-state index in [0.717, 1.165) is 11.6 Å². The molecule has 1 aromatic rings. The molecule has 0 saturated heterocycles. The maximum atomic E-state index is 8.88. The number of nitriles is 1. The number of anilines is 1. The Bertz CT molecular complexity index is 515. The van der Waals surface area contributed by atoms with Crippen molar-refractivity contribution >= 4 is 17.3 Å². The van der Waals surface area contributed by atoms with Crippen molar-refractivity contribution in [1.29, 1.82) is 5.26 Å². The summed E-state index contributed by atoms with van der Waals surface area (Å²) in [6, 6.07) is 7.97. The van der Waals surface area contributed by atoms with Gasteiger partial charge in [-0.3, -0.25) is 0 Å². The standard InChI is InChI=1S/C14H13ClN2/c15-12-5-4-9(8-16)6-14(12)17-13-7-10-2-1-3-11(10)13/h1,3-6,10-11,13,17H,2,7H2. The zero-order valence-corrected chi connectivity index (χ0v) is 10.1. The van der Waals surface area contributed by atoms with Crippen LogP contribution in [-0.4, -0.2) is 6.04 Å². The lowest BCUT2D eigenvalue weighted by atomic mass is 9.71. The zero-order chi connectivity index (χ0) is 11.8. The number of nitrogens with zero attached hydrogens (tertiary/aromatic N) is 1. The molecule has 0 spiro atoms. The molecule has 0 amide bonds. The Morgan fingerprint density at radius 3 is 3.06 bits per heavy atom. The number of allylic oxidation sites excluding steroid dienone is 1. The summed E-state index contributed by atoms with van der Waals surface area (Å²) < 4.78 is 0. The minimum absolute atomic E-state index is 0.477. The van der Waals surface area contributed by atoms with Gasteiger partial charge < -0.3 is 5.32 Å². The number of benzene rings is 1. The Balaban J connectivity index is 1.77. The van der Waals surface area contributed by atoms with E-state index in [1.54, 1.807) is 12.1 Å². The quantitative estimate of drug-likeness (QED) is 0.807. The van der Waals surface area contributed by atoms with Crippen LogP contribution < -0.4 is 5.32 Å². The van der Waals surface area contributed by atoms with Crippen molar-refractivity contribution in [3.8, 4) is 6.07 Å². The lowest BCUT2D eigenvalue weighted by Gasteiger charge is -2.41. The van der Waals surface area contributed by atoms with E-state index in [1.807, 2.05) is 6.07 Å². The van der Waals surface area contributed by atoms with E-state index in [1.165, 1.54) is 12.8 Å². The van der Waals surface area contributed by atoms with Gasteiger partial charge in [0.15, 0.2) is 0 Å². The first kappa shape index (κ1) is 10.7. The SMILES string of the molecule is N#Cc1ccc(Cl)c(NC2CC3CC=CC32)c1. The summed E-state index contributed by atoms with van der Waals surface area (Å²) in [5, 5.41) is 13.0. The molecule has 3 atom stereocenters. The molecular weight excluding hydrogens is 232 g/mol. The van der Waals surface area contributed by atoms with Crippen LogP contribution >= 0.6 is 11.6 Å². The van der Waals surface area contributed by atoms with E-state index in [2.05, 4.69) is 23.5 Å². The van der Waals surface area contributed by atoms with Crippen molar-refractivity contribution in [2.45, 2.75) is 18.9 Å². The predicted octanol–water partition coefficient (Wildman–Crippen LogP) is 3.59. The smallest absolute Gasteiger partial charge is 0.0992 e. The monoisotopic (exact) mass is 244 g/mol. The molecule has 2 nitrogen and oxygen atoms in total. The highest BCUT2D eigenvalue weighted by Gasteiger charge is 2.41. The molecule has 3 unspecified atom stereocenters. The number of hydrogen-bond donors (Lipinski definition) is 1. The van der Waals surface area contributed by atoms with Gasteiger partial charge in [0.05, 0.1) is 22.3 Å². The summed E-state index contributed by atoms with van der Waals surface area (Å²) in [7, 11) is 0. The highest BCUT2D eigenvalue weighted by atomic mass is 35.5. The van der Waals surface area contributed by atoms with Crippen molar-refractivity contribution in [3.05, 3.63) is 40.9 Å². The van der Waals surface area contributed by atoms with Crippen LogP contribution in [0, 0.1) is 23.2 Å². The van der Waals surface area contributed by atoms with Crippen molar-refractivity contribution in [2.75, 3.05) is 5.32 Å². The number of rotatable bonds is 2. The van der Waals surface area contributed by atoms with Crippen LogP contribution in [0.1, 0.15) is 18.4 Å². The van der Waals surface area contributed by atoms with Gasteiger partial charge in [-0.15, -0.1) is 0 Å². The largest absolute Gasteiger partial charge is 0.380 e. The summed E-state index contributed by atoms with van der Waals surface area (Å²) in [5.74, 6) is 1.47. The van der Waals surface area contributed by atoms with Crippen LogP contribution in [0.5, 0.6) is 0 Å². The van der Waals surface area contributed by atoms with Crippen molar-refractivity contribution in [3.63, 3.8) is 0 Å². The Morgan fingerprint density at radius 1 is 1.41 bits per heavy atom. The number of fused-ring (bicyclic) bond motifs is 1. The number of halogens is 1. The summed E-state index contributed by atoms with van der Waals surface area (Å²) in [6.45, 7) is 0. The van der Waals surface area contributed by atoms with Crippen LogP contribution in [0.3, 0.4) is 0 Å². The van der Waals surface area contributed by atoms with Crippen LogP contribution in [-0.2, 0) is 0 Å². The van der Waals surface area contributed by atoms with Gasteiger partial charge in [-0.25, -0.2) is 0 Å². The first-order valence-corrected chi connectivity index (χ1v) is 6.28. The van der Waals surface area contributed by atoms with E-state index in [0.29, 0.717) is 22.5 Å². The Labute approximate surface area is 106 Å². The summed E-state index contributed by atoms with van der Waals surface area (Å²) in [5.41, 5.74) is 1.53. The average molecular weight is 245 g/mol. The Hall–Kier alpha value is -1.46. The molecule has 1 saturated carbocycles. The molecule has 0 bridgehead atoms. The zero-order valence-electron chi connectivity index (χ0n) is 9.36. The summed E-state index contributed by atoms with van der Waals surface area (Å²) in [4.78, 5) is 0.